The molecule has 0 atom stereocenters. The van der Waals surface area contributed by atoms with E-state index in [1.165, 1.54) is 11.6 Å². The van der Waals surface area contributed by atoms with Gasteiger partial charge in [-0.05, 0) is 67.5 Å². The Morgan fingerprint density at radius 3 is 2.27 bits per heavy atom. The Morgan fingerprint density at radius 2 is 1.55 bits per heavy atom. The van der Waals surface area contributed by atoms with Crippen molar-refractivity contribution in [3.05, 3.63) is 94.5 Å². The summed E-state index contributed by atoms with van der Waals surface area (Å²) in [5.74, 6) is -0.538. The minimum absolute atomic E-state index is 0.0277. The summed E-state index contributed by atoms with van der Waals surface area (Å²) in [5, 5.41) is 11.8. The van der Waals surface area contributed by atoms with Crippen molar-refractivity contribution in [1.82, 2.24) is 0 Å². The number of carboxylic acid groups (broad SMARTS) is 1. The first kappa shape index (κ1) is 24.3. The summed E-state index contributed by atoms with van der Waals surface area (Å²) in [5.41, 5.74) is 2.65. The first-order chi connectivity index (χ1) is 16.0. The number of ether oxygens (including phenoxy) is 1. The van der Waals surface area contributed by atoms with Crippen LogP contribution in [0, 0.1) is 0 Å². The first-order valence-electron chi connectivity index (χ1n) is 11.1. The van der Waals surface area contributed by atoms with Gasteiger partial charge in [-0.1, -0.05) is 60.1 Å². The average Bonchev–Trinajstić information content (AvgIpc) is 2.82. The molecule has 0 bridgehead atoms. The topological polar surface area (TPSA) is 75.6 Å². The molecule has 0 aliphatic heterocycles. The Hall–Kier alpha value is -3.31. The van der Waals surface area contributed by atoms with Crippen molar-refractivity contribution in [2.75, 3.05) is 11.9 Å². The zero-order valence-electron chi connectivity index (χ0n) is 18.4. The maximum absolute atomic E-state index is 12.3. The van der Waals surface area contributed by atoms with E-state index in [1.54, 1.807) is 12.1 Å². The number of rotatable bonds is 12. The molecule has 5 nitrogen and oxygen atoms in total. The second-order valence-corrected chi connectivity index (χ2v) is 8.19. The number of carbonyl (C=O) groups excluding carboxylic acids is 1. The van der Waals surface area contributed by atoms with Crippen LogP contribution in [0.5, 0.6) is 5.75 Å². The van der Waals surface area contributed by atoms with Crippen LogP contribution < -0.4 is 10.1 Å². The number of carboxylic acids is 1. The molecular weight excluding hydrogens is 438 g/mol. The SMILES string of the molecule is O=C(CCc1ccc(OCCCCCc2ccccc2)cc1)Nc1cccc(C(=O)O)c1Cl. The summed E-state index contributed by atoms with van der Waals surface area (Å²) >= 11 is 6.07. The van der Waals surface area contributed by atoms with E-state index in [4.69, 9.17) is 21.4 Å². The number of amides is 1. The summed E-state index contributed by atoms with van der Waals surface area (Å²) < 4.78 is 5.82. The smallest absolute Gasteiger partial charge is 0.337 e. The molecule has 3 aromatic carbocycles. The molecule has 6 heteroatoms. The molecule has 33 heavy (non-hydrogen) atoms. The Kier molecular flexibility index (Phi) is 9.33. The highest BCUT2D eigenvalue weighted by Gasteiger charge is 2.13. The van der Waals surface area contributed by atoms with Gasteiger partial charge in [0.2, 0.25) is 5.91 Å². The monoisotopic (exact) mass is 465 g/mol. The number of halogens is 1. The van der Waals surface area contributed by atoms with Crippen LogP contribution in [-0.2, 0) is 17.6 Å². The summed E-state index contributed by atoms with van der Waals surface area (Å²) in [6, 6.07) is 22.8. The molecule has 0 fully saturated rings. The number of aromatic carboxylic acids is 1. The largest absolute Gasteiger partial charge is 0.494 e. The fourth-order valence-electron chi connectivity index (χ4n) is 3.46. The van der Waals surface area contributed by atoms with Crippen molar-refractivity contribution in [3.63, 3.8) is 0 Å². The summed E-state index contributed by atoms with van der Waals surface area (Å²) in [7, 11) is 0. The lowest BCUT2D eigenvalue weighted by Crippen LogP contribution is -2.13. The molecule has 0 saturated carbocycles. The number of aryl methyl sites for hydroxylation is 2. The van der Waals surface area contributed by atoms with Crippen LogP contribution in [-0.4, -0.2) is 23.6 Å². The first-order valence-corrected chi connectivity index (χ1v) is 11.5. The lowest BCUT2D eigenvalue weighted by molar-refractivity contribution is -0.116. The number of nitrogens with one attached hydrogen (secondary N) is 1. The van der Waals surface area contributed by atoms with Crippen molar-refractivity contribution in [2.45, 2.75) is 38.5 Å². The molecule has 0 unspecified atom stereocenters. The van der Waals surface area contributed by atoms with Gasteiger partial charge in [0.15, 0.2) is 0 Å². The standard InChI is InChI=1S/C27H28ClNO4/c28-26-23(27(31)32)11-7-12-24(26)29-25(30)18-15-21-13-16-22(17-14-21)33-19-6-2-5-10-20-8-3-1-4-9-20/h1,3-4,7-9,11-14,16-17H,2,5-6,10,15,18-19H2,(H,29,30)(H,31,32). The molecule has 0 aliphatic rings. The van der Waals surface area contributed by atoms with Crippen LogP contribution in [0.1, 0.15) is 47.2 Å². The normalized spacial score (nSPS) is 10.6. The van der Waals surface area contributed by atoms with Crippen molar-refractivity contribution in [2.24, 2.45) is 0 Å². The van der Waals surface area contributed by atoms with E-state index in [9.17, 15) is 9.59 Å². The van der Waals surface area contributed by atoms with E-state index in [-0.39, 0.29) is 22.9 Å². The van der Waals surface area contributed by atoms with Gasteiger partial charge in [-0.15, -0.1) is 0 Å². The number of carbonyl (C=O) groups is 2. The Labute approximate surface area is 199 Å². The van der Waals surface area contributed by atoms with Crippen LogP contribution in [0.4, 0.5) is 5.69 Å². The molecule has 1 amide bonds. The average molecular weight is 466 g/mol. The van der Waals surface area contributed by atoms with E-state index >= 15 is 0 Å². The Bertz CT molecular complexity index is 1050. The molecule has 172 valence electrons. The fraction of sp³-hybridized carbons (Fsp3) is 0.259. The fourth-order valence-corrected chi connectivity index (χ4v) is 3.71. The van der Waals surface area contributed by atoms with Gasteiger partial charge >= 0.3 is 5.97 Å². The Morgan fingerprint density at radius 1 is 0.818 bits per heavy atom. The van der Waals surface area contributed by atoms with Gasteiger partial charge in [-0.2, -0.15) is 0 Å². The second kappa shape index (κ2) is 12.7. The zero-order valence-corrected chi connectivity index (χ0v) is 19.2. The van der Waals surface area contributed by atoms with E-state index in [1.807, 2.05) is 30.3 Å². The van der Waals surface area contributed by atoms with Crippen LogP contribution >= 0.6 is 11.6 Å². The minimum atomic E-state index is -1.13. The van der Waals surface area contributed by atoms with Crippen molar-refractivity contribution < 1.29 is 19.4 Å². The van der Waals surface area contributed by atoms with Crippen LogP contribution in [0.2, 0.25) is 5.02 Å². The van der Waals surface area contributed by atoms with Crippen LogP contribution in [0.15, 0.2) is 72.8 Å². The zero-order chi connectivity index (χ0) is 23.5. The molecule has 0 heterocycles. The highest BCUT2D eigenvalue weighted by molar-refractivity contribution is 6.36. The second-order valence-electron chi connectivity index (χ2n) is 7.81. The van der Waals surface area contributed by atoms with Gasteiger partial charge in [0.1, 0.15) is 5.75 Å². The number of hydrogen-bond donors (Lipinski definition) is 2. The van der Waals surface area contributed by atoms with Crippen molar-refractivity contribution >= 4 is 29.2 Å². The minimum Gasteiger partial charge on any atom is -0.494 e. The number of unbranched alkanes of at least 4 members (excludes halogenated alkanes) is 2. The quantitative estimate of drug-likeness (QED) is 0.303. The third-order valence-corrected chi connectivity index (χ3v) is 5.70. The highest BCUT2D eigenvalue weighted by atomic mass is 35.5. The lowest BCUT2D eigenvalue weighted by atomic mass is 10.1. The molecule has 0 radical (unpaired) electrons. The van der Waals surface area contributed by atoms with Gasteiger partial charge in [0.05, 0.1) is 22.9 Å². The van der Waals surface area contributed by atoms with E-state index in [0.29, 0.717) is 18.7 Å². The lowest BCUT2D eigenvalue weighted by Gasteiger charge is -2.10. The van der Waals surface area contributed by atoms with Crippen LogP contribution in [0.3, 0.4) is 0 Å². The summed E-state index contributed by atoms with van der Waals surface area (Å²) in [6.07, 6.45) is 5.21. The predicted octanol–water partition coefficient (Wildman–Crippen LogP) is 6.40. The van der Waals surface area contributed by atoms with Gasteiger partial charge in [-0.3, -0.25) is 4.79 Å². The molecule has 3 rings (SSSR count). The Balaban J connectivity index is 1.35. The van der Waals surface area contributed by atoms with Crippen LogP contribution in [0.25, 0.3) is 0 Å². The maximum Gasteiger partial charge on any atom is 0.337 e. The van der Waals surface area contributed by atoms with Gasteiger partial charge in [0, 0.05) is 6.42 Å². The number of benzene rings is 3. The van der Waals surface area contributed by atoms with E-state index in [0.717, 1.165) is 37.0 Å². The highest BCUT2D eigenvalue weighted by Crippen LogP contribution is 2.26. The van der Waals surface area contributed by atoms with E-state index in [2.05, 4.69) is 29.6 Å². The number of hydrogen-bond acceptors (Lipinski definition) is 3. The van der Waals surface area contributed by atoms with Crippen molar-refractivity contribution in [1.29, 1.82) is 0 Å². The molecule has 0 aliphatic carbocycles. The third kappa shape index (κ3) is 7.95. The molecule has 3 aromatic rings. The van der Waals surface area contributed by atoms with E-state index < -0.39 is 5.97 Å². The van der Waals surface area contributed by atoms with Gasteiger partial charge in [-0.25, -0.2) is 4.79 Å². The maximum atomic E-state index is 12.3. The molecule has 0 saturated heterocycles. The van der Waals surface area contributed by atoms with Crippen molar-refractivity contribution in [3.8, 4) is 5.75 Å². The summed E-state index contributed by atoms with van der Waals surface area (Å²) in [6.45, 7) is 0.687. The molecule has 2 N–H and O–H groups in total. The molecular formula is C27H28ClNO4. The third-order valence-electron chi connectivity index (χ3n) is 5.29. The molecule has 0 spiro atoms. The predicted molar refractivity (Wildman–Crippen MR) is 131 cm³/mol. The number of anilines is 1. The van der Waals surface area contributed by atoms with Gasteiger partial charge in [0.25, 0.3) is 0 Å². The molecule has 0 aromatic heterocycles. The van der Waals surface area contributed by atoms with Gasteiger partial charge < -0.3 is 15.2 Å². The summed E-state index contributed by atoms with van der Waals surface area (Å²) in [4.78, 5) is 23.4.